The Morgan fingerprint density at radius 2 is 1.25 bits per heavy atom. The molecule has 142 valence electrons. The molecule has 0 unspecified atom stereocenters. The van der Waals surface area contributed by atoms with E-state index < -0.39 is 5.97 Å². The van der Waals surface area contributed by atoms with E-state index in [0.29, 0.717) is 5.56 Å². The van der Waals surface area contributed by atoms with Crippen molar-refractivity contribution in [2.24, 2.45) is 5.10 Å². The standard InChI is InChI=1S/C14H12N2O2.C7H6O3/c17-13-8-6-12(7-9-13)14(18)16-15-10-11-4-2-1-3-5-11;8-6-3-1-5(2-4-6)7(9)10/h1-10,17H,(H,16,18);1-4,8H,(H,9,10). The molecular weight excluding hydrogens is 360 g/mol. The van der Waals surface area contributed by atoms with Crippen LogP contribution in [-0.2, 0) is 0 Å². The maximum atomic E-state index is 11.6. The lowest BCUT2D eigenvalue weighted by molar-refractivity contribution is 0.0696. The number of aromatic hydroxyl groups is 2. The molecule has 0 saturated heterocycles. The second-order valence-electron chi connectivity index (χ2n) is 5.51. The molecule has 7 nitrogen and oxygen atoms in total. The van der Waals surface area contributed by atoms with Gasteiger partial charge in [0.15, 0.2) is 0 Å². The predicted octanol–water partition coefficient (Wildman–Crippen LogP) is 3.25. The highest BCUT2D eigenvalue weighted by atomic mass is 16.4. The minimum absolute atomic E-state index is 0.0741. The minimum atomic E-state index is -0.986. The third-order valence-electron chi connectivity index (χ3n) is 3.42. The summed E-state index contributed by atoms with van der Waals surface area (Å²) in [6.07, 6.45) is 1.57. The number of amides is 1. The molecule has 1 amide bonds. The quantitative estimate of drug-likeness (QED) is 0.410. The second-order valence-corrected chi connectivity index (χ2v) is 5.51. The highest BCUT2D eigenvalue weighted by Crippen LogP contribution is 2.09. The fourth-order valence-corrected chi connectivity index (χ4v) is 1.99. The molecule has 0 aliphatic heterocycles. The van der Waals surface area contributed by atoms with Crippen LogP contribution < -0.4 is 5.43 Å². The molecule has 0 aliphatic carbocycles. The molecule has 0 bridgehead atoms. The van der Waals surface area contributed by atoms with E-state index in [9.17, 15) is 9.59 Å². The number of carboxylic acid groups (broad SMARTS) is 1. The van der Waals surface area contributed by atoms with Crippen molar-refractivity contribution in [2.45, 2.75) is 0 Å². The van der Waals surface area contributed by atoms with E-state index >= 15 is 0 Å². The number of rotatable bonds is 4. The van der Waals surface area contributed by atoms with Crippen molar-refractivity contribution in [3.63, 3.8) is 0 Å². The number of benzene rings is 3. The Hall–Kier alpha value is -4.13. The van der Waals surface area contributed by atoms with Crippen molar-refractivity contribution in [1.29, 1.82) is 0 Å². The lowest BCUT2D eigenvalue weighted by atomic mass is 10.2. The van der Waals surface area contributed by atoms with E-state index in [-0.39, 0.29) is 23.0 Å². The first-order chi connectivity index (χ1) is 13.5. The summed E-state index contributed by atoms with van der Waals surface area (Å²) in [4.78, 5) is 21.9. The molecule has 3 rings (SSSR count). The van der Waals surface area contributed by atoms with Gasteiger partial charge in [-0.2, -0.15) is 5.10 Å². The molecule has 28 heavy (non-hydrogen) atoms. The number of phenolic OH excluding ortho intramolecular Hbond substituents is 2. The molecule has 4 N–H and O–H groups in total. The van der Waals surface area contributed by atoms with Crippen LogP contribution >= 0.6 is 0 Å². The number of nitrogens with one attached hydrogen (secondary N) is 1. The number of nitrogens with zero attached hydrogens (tertiary/aromatic N) is 1. The van der Waals surface area contributed by atoms with Gasteiger partial charge in [0.05, 0.1) is 11.8 Å². The summed E-state index contributed by atoms with van der Waals surface area (Å²) in [6.45, 7) is 0. The number of phenols is 2. The topological polar surface area (TPSA) is 119 Å². The molecule has 3 aromatic carbocycles. The fraction of sp³-hybridized carbons (Fsp3) is 0. The molecule has 7 heteroatoms. The molecule has 0 aromatic heterocycles. The van der Waals surface area contributed by atoms with Gasteiger partial charge in [-0.25, -0.2) is 10.2 Å². The Labute approximate surface area is 161 Å². The van der Waals surface area contributed by atoms with Gasteiger partial charge in [0, 0.05) is 5.56 Å². The van der Waals surface area contributed by atoms with Gasteiger partial charge in [-0.1, -0.05) is 30.3 Å². The Morgan fingerprint density at radius 1 is 0.750 bits per heavy atom. The zero-order chi connectivity index (χ0) is 20.4. The van der Waals surface area contributed by atoms with E-state index in [2.05, 4.69) is 10.5 Å². The first kappa shape index (κ1) is 20.2. The molecule has 0 saturated carbocycles. The van der Waals surface area contributed by atoms with E-state index in [1.165, 1.54) is 48.5 Å². The Morgan fingerprint density at radius 3 is 1.75 bits per heavy atom. The summed E-state index contributed by atoms with van der Waals surface area (Å²) >= 11 is 0. The van der Waals surface area contributed by atoms with Crippen molar-refractivity contribution in [3.8, 4) is 11.5 Å². The SMILES string of the molecule is O=C(NN=Cc1ccccc1)c1ccc(O)cc1.O=C(O)c1ccc(O)cc1. The molecule has 0 heterocycles. The van der Waals surface area contributed by atoms with Gasteiger partial charge in [0.2, 0.25) is 0 Å². The van der Waals surface area contributed by atoms with Gasteiger partial charge in [-0.15, -0.1) is 0 Å². The van der Waals surface area contributed by atoms with Crippen LogP contribution in [0.25, 0.3) is 0 Å². The van der Waals surface area contributed by atoms with Crippen LogP contribution in [-0.4, -0.2) is 33.4 Å². The number of hydrogen-bond donors (Lipinski definition) is 4. The number of carbonyl (C=O) groups is 2. The van der Waals surface area contributed by atoms with Gasteiger partial charge in [0.1, 0.15) is 11.5 Å². The van der Waals surface area contributed by atoms with Crippen molar-refractivity contribution in [3.05, 3.63) is 95.6 Å². The summed E-state index contributed by atoms with van der Waals surface area (Å²) in [5, 5.41) is 30.1. The Balaban J connectivity index is 0.000000237. The summed E-state index contributed by atoms with van der Waals surface area (Å²) in [5.74, 6) is -1.11. The zero-order valence-corrected chi connectivity index (χ0v) is 14.7. The maximum Gasteiger partial charge on any atom is 0.335 e. The normalized spacial score (nSPS) is 10.0. The van der Waals surface area contributed by atoms with Gasteiger partial charge >= 0.3 is 5.97 Å². The fourth-order valence-electron chi connectivity index (χ4n) is 1.99. The summed E-state index contributed by atoms with van der Waals surface area (Å²) in [5.41, 5.74) is 3.94. The minimum Gasteiger partial charge on any atom is -0.508 e. The van der Waals surface area contributed by atoms with E-state index in [1.807, 2.05) is 30.3 Å². The molecule has 0 fully saturated rings. The van der Waals surface area contributed by atoms with Crippen LogP contribution in [0.15, 0.2) is 84.0 Å². The third-order valence-corrected chi connectivity index (χ3v) is 3.42. The van der Waals surface area contributed by atoms with Gasteiger partial charge in [-0.05, 0) is 54.1 Å². The van der Waals surface area contributed by atoms with Gasteiger partial charge in [0.25, 0.3) is 5.91 Å². The Kier molecular flexibility index (Phi) is 7.30. The molecule has 0 atom stereocenters. The molecular formula is C21H18N2O5. The summed E-state index contributed by atoms with van der Waals surface area (Å²) in [7, 11) is 0. The lowest BCUT2D eigenvalue weighted by Crippen LogP contribution is -2.17. The van der Waals surface area contributed by atoms with E-state index in [4.69, 9.17) is 15.3 Å². The molecule has 0 aliphatic rings. The predicted molar refractivity (Wildman–Crippen MR) is 105 cm³/mol. The van der Waals surface area contributed by atoms with Crippen molar-refractivity contribution in [2.75, 3.05) is 0 Å². The zero-order valence-electron chi connectivity index (χ0n) is 14.7. The summed E-state index contributed by atoms with van der Waals surface area (Å²) < 4.78 is 0. The van der Waals surface area contributed by atoms with Gasteiger partial charge in [-0.3, -0.25) is 4.79 Å². The third kappa shape index (κ3) is 6.64. The number of carboxylic acids is 1. The number of hydrogen-bond acceptors (Lipinski definition) is 5. The van der Waals surface area contributed by atoms with Crippen molar-refractivity contribution in [1.82, 2.24) is 5.43 Å². The van der Waals surface area contributed by atoms with E-state index in [1.54, 1.807) is 6.21 Å². The van der Waals surface area contributed by atoms with Crippen LogP contribution in [0.2, 0.25) is 0 Å². The molecule has 0 spiro atoms. The molecule has 0 radical (unpaired) electrons. The van der Waals surface area contributed by atoms with E-state index in [0.717, 1.165) is 5.56 Å². The average Bonchev–Trinajstić information content (AvgIpc) is 2.70. The van der Waals surface area contributed by atoms with Crippen LogP contribution in [0.1, 0.15) is 26.3 Å². The number of carbonyl (C=O) groups excluding carboxylic acids is 1. The lowest BCUT2D eigenvalue weighted by Gasteiger charge is -1.99. The van der Waals surface area contributed by atoms with Crippen LogP contribution in [0.5, 0.6) is 11.5 Å². The van der Waals surface area contributed by atoms with Crippen molar-refractivity contribution < 1.29 is 24.9 Å². The first-order valence-corrected chi connectivity index (χ1v) is 8.15. The largest absolute Gasteiger partial charge is 0.508 e. The molecule has 3 aromatic rings. The average molecular weight is 378 g/mol. The van der Waals surface area contributed by atoms with Gasteiger partial charge < -0.3 is 15.3 Å². The number of aromatic carboxylic acids is 1. The first-order valence-electron chi connectivity index (χ1n) is 8.15. The monoisotopic (exact) mass is 378 g/mol. The highest BCUT2D eigenvalue weighted by Gasteiger charge is 2.03. The smallest absolute Gasteiger partial charge is 0.335 e. The summed E-state index contributed by atoms with van der Waals surface area (Å²) in [6, 6.07) is 20.8. The van der Waals surface area contributed by atoms with Crippen molar-refractivity contribution >= 4 is 18.1 Å². The van der Waals surface area contributed by atoms with Crippen LogP contribution in [0, 0.1) is 0 Å². The maximum absolute atomic E-state index is 11.6. The highest BCUT2D eigenvalue weighted by molar-refractivity contribution is 5.95. The van der Waals surface area contributed by atoms with Crippen LogP contribution in [0.4, 0.5) is 0 Å². The number of hydrazone groups is 1. The van der Waals surface area contributed by atoms with Crippen LogP contribution in [0.3, 0.4) is 0 Å². The Bertz CT molecular complexity index is 937. The second kappa shape index (κ2) is 10.1.